The van der Waals surface area contributed by atoms with Crippen LogP contribution in [0.1, 0.15) is 21.7 Å². The van der Waals surface area contributed by atoms with E-state index in [9.17, 15) is 26.7 Å². The Hall–Kier alpha value is -3.18. The van der Waals surface area contributed by atoms with Crippen LogP contribution in [0.5, 0.6) is 0 Å². The molecule has 0 saturated heterocycles. The Morgan fingerprint density at radius 2 is 1.84 bits per heavy atom. The summed E-state index contributed by atoms with van der Waals surface area (Å²) >= 11 is 11.1. The molecule has 3 aromatic heterocycles. The second-order valence-corrected chi connectivity index (χ2v) is 7.33. The van der Waals surface area contributed by atoms with Crippen LogP contribution in [0.3, 0.4) is 0 Å². The van der Waals surface area contributed by atoms with E-state index >= 15 is 0 Å². The molecule has 0 bridgehead atoms. The molecule has 3 heterocycles. The van der Waals surface area contributed by atoms with E-state index in [2.05, 4.69) is 15.4 Å². The minimum atomic E-state index is -4.67. The highest BCUT2D eigenvalue weighted by Gasteiger charge is 2.34. The zero-order valence-corrected chi connectivity index (χ0v) is 16.9. The minimum absolute atomic E-state index is 0.00519. The Morgan fingerprint density at radius 1 is 1.09 bits per heavy atom. The summed E-state index contributed by atoms with van der Waals surface area (Å²) in [6.45, 7) is 0. The van der Waals surface area contributed by atoms with Gasteiger partial charge in [-0.25, -0.2) is 9.50 Å². The Balaban J connectivity index is 1.75. The maximum Gasteiger partial charge on any atom is 0.416 e. The highest BCUT2D eigenvalue weighted by molar-refractivity contribution is 6.34. The van der Waals surface area contributed by atoms with E-state index in [4.69, 9.17) is 27.6 Å². The van der Waals surface area contributed by atoms with Gasteiger partial charge in [0.15, 0.2) is 17.1 Å². The minimum Gasteiger partial charge on any atom is -0.463 e. The van der Waals surface area contributed by atoms with Crippen molar-refractivity contribution in [3.8, 4) is 11.5 Å². The first-order valence-electron chi connectivity index (χ1n) is 8.63. The molecule has 0 aliphatic rings. The van der Waals surface area contributed by atoms with E-state index in [0.29, 0.717) is 10.6 Å². The Morgan fingerprint density at radius 3 is 2.47 bits per heavy atom. The summed E-state index contributed by atoms with van der Waals surface area (Å²) in [4.78, 5) is 16.7. The number of nitrogens with zero attached hydrogens (tertiary/aromatic N) is 3. The van der Waals surface area contributed by atoms with Crippen molar-refractivity contribution in [2.75, 3.05) is 5.32 Å². The summed E-state index contributed by atoms with van der Waals surface area (Å²) in [7, 11) is 0. The van der Waals surface area contributed by atoms with Gasteiger partial charge in [0, 0.05) is 6.07 Å². The fourth-order valence-corrected chi connectivity index (χ4v) is 3.12. The van der Waals surface area contributed by atoms with Gasteiger partial charge in [-0.2, -0.15) is 27.1 Å². The number of furan rings is 1. The molecule has 0 unspecified atom stereocenters. The maximum atomic E-state index is 14.0. The van der Waals surface area contributed by atoms with Gasteiger partial charge in [0.05, 0.1) is 22.5 Å². The summed E-state index contributed by atoms with van der Waals surface area (Å²) in [6, 6.07) is 7.36. The lowest BCUT2D eigenvalue weighted by atomic mass is 10.2. The third kappa shape index (κ3) is 4.26. The topological polar surface area (TPSA) is 72.4 Å². The van der Waals surface area contributed by atoms with Gasteiger partial charge in [-0.1, -0.05) is 11.6 Å². The first-order valence-corrected chi connectivity index (χ1v) is 9.39. The summed E-state index contributed by atoms with van der Waals surface area (Å²) in [5, 5.41) is 1.92. The van der Waals surface area contributed by atoms with Crippen LogP contribution in [-0.2, 0) is 11.6 Å². The number of fused-ring (bicyclic) bond motifs is 1. The molecule has 0 spiro atoms. The summed E-state index contributed by atoms with van der Waals surface area (Å²) in [5.74, 6) is -0.835. The molecule has 4 aromatic rings. The van der Waals surface area contributed by atoms with Crippen molar-refractivity contribution in [3.05, 3.63) is 70.7 Å². The Labute approximate surface area is 185 Å². The van der Waals surface area contributed by atoms with E-state index in [-0.39, 0.29) is 27.8 Å². The third-order valence-corrected chi connectivity index (χ3v) is 4.79. The molecule has 6 nitrogen and oxygen atoms in total. The van der Waals surface area contributed by atoms with Crippen LogP contribution in [0.15, 0.2) is 53.1 Å². The van der Waals surface area contributed by atoms with Crippen LogP contribution in [0, 0.1) is 0 Å². The van der Waals surface area contributed by atoms with Crippen molar-refractivity contribution >= 4 is 40.4 Å². The second-order valence-electron chi connectivity index (χ2n) is 6.45. The number of nitrogens with one attached hydrogen (secondary N) is 1. The van der Waals surface area contributed by atoms with E-state index < -0.39 is 34.4 Å². The Bertz CT molecular complexity index is 1310. The van der Waals surface area contributed by atoms with E-state index in [1.807, 2.05) is 0 Å². The number of anilines is 1. The van der Waals surface area contributed by atoms with Gasteiger partial charge in [0.2, 0.25) is 0 Å². The molecule has 1 N–H and O–H groups in total. The highest BCUT2D eigenvalue weighted by atomic mass is 35.5. The van der Waals surface area contributed by atoms with E-state index in [1.54, 1.807) is 0 Å². The molecule has 0 saturated carbocycles. The summed E-state index contributed by atoms with van der Waals surface area (Å²) < 4.78 is 72.6. The first kappa shape index (κ1) is 22.0. The van der Waals surface area contributed by atoms with Crippen LogP contribution in [0.4, 0.5) is 27.6 Å². The fourth-order valence-electron chi connectivity index (χ4n) is 2.82. The fraction of sp³-hybridized carbons (Fsp3) is 0.105. The van der Waals surface area contributed by atoms with Crippen LogP contribution in [0.25, 0.3) is 17.1 Å². The number of amides is 1. The lowest BCUT2D eigenvalue weighted by molar-refractivity contribution is -0.137. The molecule has 32 heavy (non-hydrogen) atoms. The molecule has 1 aromatic carbocycles. The number of rotatable bonds is 4. The SMILES string of the molecule is O=C(Nc1cc(C(F)(F)F)ccc1Cl)c1cc2nc(-c3ccco3)cc(C(F)(F)Cl)n2n1. The van der Waals surface area contributed by atoms with Crippen molar-refractivity contribution < 1.29 is 31.2 Å². The number of carbonyl (C=O) groups excluding carboxylic acids is 1. The van der Waals surface area contributed by atoms with Crippen LogP contribution in [-0.4, -0.2) is 20.5 Å². The number of aromatic nitrogens is 3. The molecule has 4 rings (SSSR count). The van der Waals surface area contributed by atoms with Gasteiger partial charge in [0.1, 0.15) is 11.4 Å². The highest BCUT2D eigenvalue weighted by Crippen LogP contribution is 2.36. The number of hydrogen-bond acceptors (Lipinski definition) is 4. The largest absolute Gasteiger partial charge is 0.463 e. The molecule has 0 aliphatic heterocycles. The molecule has 0 atom stereocenters. The van der Waals surface area contributed by atoms with Gasteiger partial charge in [0.25, 0.3) is 5.91 Å². The second kappa shape index (κ2) is 7.75. The van der Waals surface area contributed by atoms with Crippen molar-refractivity contribution in [3.63, 3.8) is 0 Å². The van der Waals surface area contributed by atoms with E-state index in [0.717, 1.165) is 24.3 Å². The van der Waals surface area contributed by atoms with Gasteiger partial charge in [-0.3, -0.25) is 4.79 Å². The van der Waals surface area contributed by atoms with Gasteiger partial charge >= 0.3 is 11.6 Å². The zero-order valence-electron chi connectivity index (χ0n) is 15.4. The monoisotopic (exact) mass is 490 g/mol. The predicted molar refractivity (Wildman–Crippen MR) is 105 cm³/mol. The smallest absolute Gasteiger partial charge is 0.416 e. The van der Waals surface area contributed by atoms with Crippen LogP contribution in [0.2, 0.25) is 5.02 Å². The molecule has 13 heteroatoms. The molecule has 0 fully saturated rings. The lowest BCUT2D eigenvalue weighted by Gasteiger charge is -2.11. The van der Waals surface area contributed by atoms with Crippen LogP contribution >= 0.6 is 23.2 Å². The summed E-state index contributed by atoms with van der Waals surface area (Å²) in [5.41, 5.74) is -2.76. The zero-order chi connectivity index (χ0) is 23.3. The third-order valence-electron chi connectivity index (χ3n) is 4.27. The molecule has 1 amide bonds. The molecule has 0 radical (unpaired) electrons. The number of carbonyl (C=O) groups is 1. The number of alkyl halides is 6. The molecular formula is C19H9Cl2F5N4O2. The molecule has 0 aliphatic carbocycles. The quantitative estimate of drug-likeness (QED) is 0.273. The average Bonchev–Trinajstić information content (AvgIpc) is 3.36. The lowest BCUT2D eigenvalue weighted by Crippen LogP contribution is -2.16. The van der Waals surface area contributed by atoms with Crippen molar-refractivity contribution in [2.24, 2.45) is 0 Å². The van der Waals surface area contributed by atoms with Gasteiger partial charge in [-0.05, 0) is 48.0 Å². The van der Waals surface area contributed by atoms with Crippen molar-refractivity contribution in [1.29, 1.82) is 0 Å². The summed E-state index contributed by atoms with van der Waals surface area (Å²) in [6.07, 6.45) is -3.35. The normalized spacial score (nSPS) is 12.3. The number of halogens is 7. The predicted octanol–water partition coefficient (Wildman–Crippen LogP) is 6.20. The van der Waals surface area contributed by atoms with E-state index in [1.165, 1.54) is 18.4 Å². The Kier molecular flexibility index (Phi) is 5.33. The average molecular weight is 491 g/mol. The standard InChI is InChI=1S/C19H9Cl2F5N4O2/c20-10-4-3-9(19(24,25)26)6-11(10)28-17(31)13-8-16-27-12(14-2-1-5-32-14)7-15(18(21,22)23)30(16)29-13/h1-8H,(H,28,31). The molecular weight excluding hydrogens is 482 g/mol. The molecule has 166 valence electrons. The van der Waals surface area contributed by atoms with Gasteiger partial charge in [-0.15, -0.1) is 0 Å². The number of hydrogen-bond donors (Lipinski definition) is 1. The maximum absolute atomic E-state index is 14.0. The van der Waals surface area contributed by atoms with Crippen molar-refractivity contribution in [2.45, 2.75) is 11.6 Å². The van der Waals surface area contributed by atoms with Crippen molar-refractivity contribution in [1.82, 2.24) is 14.6 Å². The first-order chi connectivity index (χ1) is 14.9. The van der Waals surface area contributed by atoms with Crippen LogP contribution < -0.4 is 5.32 Å². The van der Waals surface area contributed by atoms with Gasteiger partial charge < -0.3 is 9.73 Å². The number of benzene rings is 1.